The molecule has 4 heteroatoms. The highest BCUT2D eigenvalue weighted by atomic mass is 16.2. The van der Waals surface area contributed by atoms with Gasteiger partial charge in [-0.05, 0) is 48.9 Å². The van der Waals surface area contributed by atoms with E-state index >= 15 is 0 Å². The fraction of sp³-hybridized carbons (Fsp3) is 0.429. The minimum atomic E-state index is -0.506. The zero-order valence-electron chi connectivity index (χ0n) is 15.2. The summed E-state index contributed by atoms with van der Waals surface area (Å²) in [5.41, 5.74) is 0.981. The average Bonchev–Trinajstić information content (AvgIpc) is 3.45. The SMILES string of the molecule is CC(NC(=O)Cc1cccc2ccccc12)C(=O)N(C)C(C)C1CC1. The van der Waals surface area contributed by atoms with Gasteiger partial charge in [0.2, 0.25) is 11.8 Å². The topological polar surface area (TPSA) is 49.4 Å². The second kappa shape index (κ2) is 7.26. The van der Waals surface area contributed by atoms with E-state index in [1.165, 1.54) is 12.8 Å². The zero-order chi connectivity index (χ0) is 18.0. The molecule has 2 aromatic rings. The predicted molar refractivity (Wildman–Crippen MR) is 100 cm³/mol. The van der Waals surface area contributed by atoms with Crippen LogP contribution in [0, 0.1) is 5.92 Å². The van der Waals surface area contributed by atoms with E-state index in [1.807, 2.05) is 49.5 Å². The molecule has 3 rings (SSSR count). The van der Waals surface area contributed by atoms with Gasteiger partial charge in [0.25, 0.3) is 0 Å². The van der Waals surface area contributed by atoms with E-state index in [2.05, 4.69) is 12.2 Å². The second-order valence-corrected chi connectivity index (χ2v) is 7.13. The summed E-state index contributed by atoms with van der Waals surface area (Å²) in [5.74, 6) is 0.475. The summed E-state index contributed by atoms with van der Waals surface area (Å²) in [6.45, 7) is 3.85. The van der Waals surface area contributed by atoms with Crippen molar-refractivity contribution in [2.75, 3.05) is 7.05 Å². The second-order valence-electron chi connectivity index (χ2n) is 7.13. The number of amides is 2. The summed E-state index contributed by atoms with van der Waals surface area (Å²) in [7, 11) is 1.83. The Balaban J connectivity index is 1.62. The Labute approximate surface area is 149 Å². The van der Waals surface area contributed by atoms with Crippen LogP contribution in [0.5, 0.6) is 0 Å². The Kier molecular flexibility index (Phi) is 5.07. The van der Waals surface area contributed by atoms with E-state index in [4.69, 9.17) is 0 Å². The van der Waals surface area contributed by atoms with Crippen LogP contribution in [0.25, 0.3) is 10.8 Å². The third kappa shape index (κ3) is 4.01. The Morgan fingerprint density at radius 3 is 2.52 bits per heavy atom. The molecule has 1 fully saturated rings. The molecule has 2 amide bonds. The van der Waals surface area contributed by atoms with Gasteiger partial charge in [-0.15, -0.1) is 0 Å². The molecule has 4 nitrogen and oxygen atoms in total. The third-order valence-corrected chi connectivity index (χ3v) is 5.24. The number of hydrogen-bond donors (Lipinski definition) is 1. The van der Waals surface area contributed by atoms with E-state index in [0.29, 0.717) is 5.92 Å². The lowest BCUT2D eigenvalue weighted by atomic mass is 10.0. The van der Waals surface area contributed by atoms with E-state index < -0.39 is 6.04 Å². The summed E-state index contributed by atoms with van der Waals surface area (Å²) in [6, 6.07) is 13.7. The lowest BCUT2D eigenvalue weighted by molar-refractivity contribution is -0.136. The van der Waals surface area contributed by atoms with Gasteiger partial charge in [0.15, 0.2) is 0 Å². The Morgan fingerprint density at radius 2 is 1.80 bits per heavy atom. The molecule has 0 heterocycles. The van der Waals surface area contributed by atoms with Gasteiger partial charge in [-0.1, -0.05) is 42.5 Å². The van der Waals surface area contributed by atoms with Gasteiger partial charge in [-0.2, -0.15) is 0 Å². The molecule has 2 unspecified atom stereocenters. The molecule has 132 valence electrons. The van der Waals surface area contributed by atoms with Crippen LogP contribution >= 0.6 is 0 Å². The van der Waals surface area contributed by atoms with Gasteiger partial charge in [0.1, 0.15) is 6.04 Å². The molecule has 1 saturated carbocycles. The number of fused-ring (bicyclic) bond motifs is 1. The first-order chi connectivity index (χ1) is 12.0. The zero-order valence-corrected chi connectivity index (χ0v) is 15.2. The molecule has 0 spiro atoms. The molecule has 1 N–H and O–H groups in total. The normalized spacial score (nSPS) is 16.3. The predicted octanol–water partition coefficient (Wildman–Crippen LogP) is 3.14. The number of nitrogens with one attached hydrogen (secondary N) is 1. The lowest BCUT2D eigenvalue weighted by Gasteiger charge is -2.28. The summed E-state index contributed by atoms with van der Waals surface area (Å²) in [6.07, 6.45) is 2.67. The molecule has 0 saturated heterocycles. The van der Waals surface area contributed by atoms with Crippen molar-refractivity contribution < 1.29 is 9.59 Å². The van der Waals surface area contributed by atoms with Gasteiger partial charge < -0.3 is 10.2 Å². The average molecular weight is 338 g/mol. The molecule has 2 aromatic carbocycles. The van der Waals surface area contributed by atoms with Crippen molar-refractivity contribution >= 4 is 22.6 Å². The maximum atomic E-state index is 12.5. The highest BCUT2D eigenvalue weighted by Gasteiger charge is 2.33. The van der Waals surface area contributed by atoms with E-state index in [0.717, 1.165) is 16.3 Å². The molecular weight excluding hydrogens is 312 g/mol. The van der Waals surface area contributed by atoms with Crippen LogP contribution in [0.15, 0.2) is 42.5 Å². The van der Waals surface area contributed by atoms with Crippen molar-refractivity contribution in [3.63, 3.8) is 0 Å². The molecule has 2 atom stereocenters. The number of likely N-dealkylation sites (N-methyl/N-ethyl adjacent to an activating group) is 1. The van der Waals surface area contributed by atoms with Crippen molar-refractivity contribution in [1.29, 1.82) is 0 Å². The standard InChI is InChI=1S/C21H26N2O2/c1-14(21(25)23(3)15(2)16-11-12-16)22-20(24)13-18-9-6-8-17-7-4-5-10-19(17)18/h4-10,14-16H,11-13H2,1-3H3,(H,22,24). The number of carbonyl (C=O) groups is 2. The molecular formula is C21H26N2O2. The van der Waals surface area contributed by atoms with Gasteiger partial charge >= 0.3 is 0 Å². The van der Waals surface area contributed by atoms with Crippen LogP contribution in [0.4, 0.5) is 0 Å². The van der Waals surface area contributed by atoms with Crippen LogP contribution in [-0.2, 0) is 16.0 Å². The summed E-state index contributed by atoms with van der Waals surface area (Å²) in [5, 5.41) is 5.06. The number of benzene rings is 2. The number of rotatable bonds is 6. The highest BCUT2D eigenvalue weighted by molar-refractivity contribution is 5.92. The van der Waals surface area contributed by atoms with Crippen molar-refractivity contribution in [2.24, 2.45) is 5.92 Å². The Morgan fingerprint density at radius 1 is 1.12 bits per heavy atom. The van der Waals surface area contributed by atoms with Gasteiger partial charge in [0, 0.05) is 13.1 Å². The van der Waals surface area contributed by atoms with Crippen LogP contribution in [0.3, 0.4) is 0 Å². The summed E-state index contributed by atoms with van der Waals surface area (Å²) < 4.78 is 0. The van der Waals surface area contributed by atoms with E-state index in [9.17, 15) is 9.59 Å². The van der Waals surface area contributed by atoms with Gasteiger partial charge in [0.05, 0.1) is 6.42 Å². The monoisotopic (exact) mass is 338 g/mol. The van der Waals surface area contributed by atoms with Crippen LogP contribution in [0.2, 0.25) is 0 Å². The van der Waals surface area contributed by atoms with Crippen molar-refractivity contribution in [1.82, 2.24) is 10.2 Å². The first-order valence-corrected chi connectivity index (χ1v) is 9.00. The molecule has 0 bridgehead atoms. The first-order valence-electron chi connectivity index (χ1n) is 9.00. The fourth-order valence-corrected chi connectivity index (χ4v) is 3.37. The largest absolute Gasteiger partial charge is 0.344 e. The Bertz CT molecular complexity index is 777. The van der Waals surface area contributed by atoms with Crippen molar-refractivity contribution in [3.8, 4) is 0 Å². The first kappa shape index (κ1) is 17.5. The fourth-order valence-electron chi connectivity index (χ4n) is 3.37. The molecule has 0 aliphatic heterocycles. The quantitative estimate of drug-likeness (QED) is 0.880. The third-order valence-electron chi connectivity index (χ3n) is 5.24. The van der Waals surface area contributed by atoms with Crippen LogP contribution < -0.4 is 5.32 Å². The Hall–Kier alpha value is -2.36. The van der Waals surface area contributed by atoms with Crippen LogP contribution in [-0.4, -0.2) is 35.8 Å². The molecule has 25 heavy (non-hydrogen) atoms. The van der Waals surface area contributed by atoms with Crippen molar-refractivity contribution in [2.45, 2.75) is 45.2 Å². The highest BCUT2D eigenvalue weighted by Crippen LogP contribution is 2.34. The molecule has 1 aliphatic rings. The number of hydrogen-bond acceptors (Lipinski definition) is 2. The van der Waals surface area contributed by atoms with Gasteiger partial charge in [-0.3, -0.25) is 9.59 Å². The van der Waals surface area contributed by atoms with E-state index in [1.54, 1.807) is 11.8 Å². The minimum Gasteiger partial charge on any atom is -0.344 e. The number of carbonyl (C=O) groups excluding carboxylic acids is 2. The smallest absolute Gasteiger partial charge is 0.244 e. The number of nitrogens with zero attached hydrogens (tertiary/aromatic N) is 1. The maximum absolute atomic E-state index is 12.5. The molecule has 0 radical (unpaired) electrons. The van der Waals surface area contributed by atoms with Crippen molar-refractivity contribution in [3.05, 3.63) is 48.0 Å². The maximum Gasteiger partial charge on any atom is 0.244 e. The molecule has 1 aliphatic carbocycles. The lowest BCUT2D eigenvalue weighted by Crippen LogP contribution is -2.49. The van der Waals surface area contributed by atoms with Crippen LogP contribution in [0.1, 0.15) is 32.3 Å². The molecule has 0 aromatic heterocycles. The van der Waals surface area contributed by atoms with Gasteiger partial charge in [-0.25, -0.2) is 0 Å². The van der Waals surface area contributed by atoms with E-state index in [-0.39, 0.29) is 24.3 Å². The summed E-state index contributed by atoms with van der Waals surface area (Å²) in [4.78, 5) is 26.7. The summed E-state index contributed by atoms with van der Waals surface area (Å²) >= 11 is 0. The minimum absolute atomic E-state index is 0.0225.